The molecule has 0 atom stereocenters. The Bertz CT molecular complexity index is 372. The van der Waals surface area contributed by atoms with E-state index in [0.29, 0.717) is 16.9 Å². The van der Waals surface area contributed by atoms with Crippen LogP contribution < -0.4 is 0 Å². The van der Waals surface area contributed by atoms with E-state index in [2.05, 4.69) is 10.4 Å². The van der Waals surface area contributed by atoms with Crippen molar-refractivity contribution in [1.29, 1.82) is 0 Å². The third-order valence-electron chi connectivity index (χ3n) is 2.22. The minimum Gasteiger partial charge on any atom is -0.145 e. The molecule has 0 unspecified atom stereocenters. The number of nitroso groups, excluding NO2 is 2. The maximum atomic E-state index is 10.4. The summed E-state index contributed by atoms with van der Waals surface area (Å²) < 4.78 is 0. The van der Waals surface area contributed by atoms with Crippen LogP contribution >= 0.6 is 0 Å². The second-order valence-corrected chi connectivity index (χ2v) is 2.99. The number of rotatable bonds is 2. The van der Waals surface area contributed by atoms with Gasteiger partial charge in [0.1, 0.15) is 11.4 Å². The van der Waals surface area contributed by atoms with Gasteiger partial charge < -0.3 is 0 Å². The second-order valence-electron chi connectivity index (χ2n) is 2.99. The van der Waals surface area contributed by atoms with E-state index >= 15 is 0 Å². The van der Waals surface area contributed by atoms with Gasteiger partial charge in [0.05, 0.1) is 0 Å². The van der Waals surface area contributed by atoms with Crippen LogP contribution in [0.15, 0.2) is 16.4 Å². The van der Waals surface area contributed by atoms with Crippen LogP contribution in [0, 0.1) is 30.6 Å². The van der Waals surface area contributed by atoms with Gasteiger partial charge in [0.15, 0.2) is 0 Å². The highest BCUT2D eigenvalue weighted by Gasteiger charge is 2.10. The van der Waals surface area contributed by atoms with E-state index in [4.69, 9.17) is 0 Å². The molecule has 0 bridgehead atoms. The average molecular weight is 178 g/mol. The van der Waals surface area contributed by atoms with Gasteiger partial charge in [-0.15, -0.1) is 9.81 Å². The first-order chi connectivity index (χ1) is 6.11. The van der Waals surface area contributed by atoms with Crippen molar-refractivity contribution in [3.05, 3.63) is 32.6 Å². The molecule has 0 saturated heterocycles. The summed E-state index contributed by atoms with van der Waals surface area (Å²) in [7, 11) is 0. The molecule has 1 aromatic carbocycles. The Labute approximate surface area is 75.9 Å². The van der Waals surface area contributed by atoms with E-state index in [1.807, 2.05) is 0 Å². The summed E-state index contributed by atoms with van der Waals surface area (Å²) in [6.07, 6.45) is 0. The Kier molecular flexibility index (Phi) is 2.51. The first-order valence-electron chi connectivity index (χ1n) is 3.89. The fraction of sp³-hybridized carbons (Fsp3) is 0.333. The molecule has 1 aromatic rings. The zero-order valence-electron chi connectivity index (χ0n) is 7.79. The van der Waals surface area contributed by atoms with Gasteiger partial charge in [0, 0.05) is 0 Å². The van der Waals surface area contributed by atoms with E-state index < -0.39 is 0 Å². The smallest absolute Gasteiger partial charge is 0.114 e. The third-order valence-corrected chi connectivity index (χ3v) is 2.22. The summed E-state index contributed by atoms with van der Waals surface area (Å²) in [4.78, 5) is 20.8. The molecule has 0 N–H and O–H groups in total. The van der Waals surface area contributed by atoms with Crippen molar-refractivity contribution in [3.63, 3.8) is 0 Å². The standard InChI is InChI=1S/C9H10N2O2/c1-5-4-8(10-12)6(2)7(3)9(5)11-13/h4H,1-3H3. The van der Waals surface area contributed by atoms with Crippen molar-refractivity contribution in [2.45, 2.75) is 20.8 Å². The van der Waals surface area contributed by atoms with Gasteiger partial charge >= 0.3 is 0 Å². The van der Waals surface area contributed by atoms with Gasteiger partial charge in [0.2, 0.25) is 0 Å². The molecule has 68 valence electrons. The van der Waals surface area contributed by atoms with Crippen LogP contribution in [0.1, 0.15) is 16.7 Å². The van der Waals surface area contributed by atoms with Crippen LogP contribution in [0.5, 0.6) is 0 Å². The number of nitrogens with zero attached hydrogens (tertiary/aromatic N) is 2. The minimum atomic E-state index is 0.377. The molecule has 0 aliphatic carbocycles. The Morgan fingerprint density at radius 2 is 1.62 bits per heavy atom. The van der Waals surface area contributed by atoms with Gasteiger partial charge in [-0.2, -0.15) is 0 Å². The molecule has 0 spiro atoms. The number of hydrogen-bond acceptors (Lipinski definition) is 4. The highest BCUT2D eigenvalue weighted by atomic mass is 16.3. The predicted octanol–water partition coefficient (Wildman–Crippen LogP) is 3.41. The van der Waals surface area contributed by atoms with E-state index in [1.54, 1.807) is 26.8 Å². The zero-order chi connectivity index (χ0) is 10.0. The number of benzene rings is 1. The highest BCUT2D eigenvalue weighted by molar-refractivity contribution is 5.64. The topological polar surface area (TPSA) is 58.9 Å². The van der Waals surface area contributed by atoms with E-state index in [-0.39, 0.29) is 0 Å². The summed E-state index contributed by atoms with van der Waals surface area (Å²) in [6.45, 7) is 5.24. The summed E-state index contributed by atoms with van der Waals surface area (Å²) >= 11 is 0. The van der Waals surface area contributed by atoms with Crippen molar-refractivity contribution in [3.8, 4) is 0 Å². The quantitative estimate of drug-likeness (QED) is 0.651. The maximum Gasteiger partial charge on any atom is 0.114 e. The predicted molar refractivity (Wildman–Crippen MR) is 51.6 cm³/mol. The van der Waals surface area contributed by atoms with Crippen LogP contribution in [0.3, 0.4) is 0 Å². The summed E-state index contributed by atoms with van der Waals surface area (Å²) in [5.41, 5.74) is 2.92. The Balaban J connectivity index is 3.54. The van der Waals surface area contributed by atoms with E-state index in [9.17, 15) is 9.81 Å². The molecule has 13 heavy (non-hydrogen) atoms. The van der Waals surface area contributed by atoms with E-state index in [1.165, 1.54) is 0 Å². The van der Waals surface area contributed by atoms with Gasteiger partial charge in [-0.25, -0.2) is 0 Å². The lowest BCUT2D eigenvalue weighted by molar-refractivity contribution is 1.24. The summed E-state index contributed by atoms with van der Waals surface area (Å²) in [5, 5.41) is 5.79. The van der Waals surface area contributed by atoms with Crippen molar-refractivity contribution in [1.82, 2.24) is 0 Å². The molecule has 0 aliphatic rings. The second kappa shape index (κ2) is 3.43. The molecule has 0 amide bonds. The third kappa shape index (κ3) is 1.47. The van der Waals surface area contributed by atoms with Crippen molar-refractivity contribution in [2.75, 3.05) is 0 Å². The lowest BCUT2D eigenvalue weighted by atomic mass is 10.0. The van der Waals surface area contributed by atoms with Crippen LogP contribution in [-0.4, -0.2) is 0 Å². The molecule has 4 heteroatoms. The van der Waals surface area contributed by atoms with Crippen molar-refractivity contribution < 1.29 is 0 Å². The summed E-state index contributed by atoms with van der Waals surface area (Å²) in [5.74, 6) is 0. The molecule has 0 aliphatic heterocycles. The molecule has 4 nitrogen and oxygen atoms in total. The van der Waals surface area contributed by atoms with Crippen LogP contribution in [-0.2, 0) is 0 Å². The molecular formula is C9H10N2O2. The Morgan fingerprint density at radius 1 is 1.00 bits per heavy atom. The van der Waals surface area contributed by atoms with Crippen molar-refractivity contribution in [2.24, 2.45) is 10.4 Å². The fourth-order valence-electron chi connectivity index (χ4n) is 1.28. The molecule has 0 radical (unpaired) electrons. The molecule has 1 rings (SSSR count). The zero-order valence-corrected chi connectivity index (χ0v) is 7.79. The van der Waals surface area contributed by atoms with Crippen molar-refractivity contribution >= 4 is 11.4 Å². The minimum absolute atomic E-state index is 0.377. The molecule has 0 heterocycles. The first-order valence-corrected chi connectivity index (χ1v) is 3.89. The normalized spacial score (nSPS) is 9.77. The van der Waals surface area contributed by atoms with Gasteiger partial charge in [-0.1, -0.05) is 0 Å². The Morgan fingerprint density at radius 3 is 2.08 bits per heavy atom. The Hall–Kier alpha value is -1.58. The van der Waals surface area contributed by atoms with E-state index in [0.717, 1.165) is 11.1 Å². The molecule has 0 saturated carbocycles. The average Bonchev–Trinajstić information content (AvgIpc) is 2.12. The molecule has 0 fully saturated rings. The lowest BCUT2D eigenvalue weighted by Crippen LogP contribution is -1.85. The van der Waals surface area contributed by atoms with Gasteiger partial charge in [-0.3, -0.25) is 0 Å². The van der Waals surface area contributed by atoms with Gasteiger partial charge in [0.25, 0.3) is 0 Å². The largest absolute Gasteiger partial charge is 0.145 e. The highest BCUT2D eigenvalue weighted by Crippen LogP contribution is 2.32. The fourth-order valence-corrected chi connectivity index (χ4v) is 1.28. The number of hydrogen-bond donors (Lipinski definition) is 0. The monoisotopic (exact) mass is 178 g/mol. The van der Waals surface area contributed by atoms with Crippen LogP contribution in [0.25, 0.3) is 0 Å². The molecule has 0 aromatic heterocycles. The van der Waals surface area contributed by atoms with Gasteiger partial charge in [-0.05, 0) is 53.9 Å². The van der Waals surface area contributed by atoms with Crippen LogP contribution in [0.2, 0.25) is 0 Å². The SMILES string of the molecule is Cc1cc(N=O)c(C)c(C)c1N=O. The number of aryl methyl sites for hydroxylation is 1. The lowest BCUT2D eigenvalue weighted by Gasteiger charge is -2.06. The first kappa shape index (κ1) is 9.51. The molecular weight excluding hydrogens is 168 g/mol. The van der Waals surface area contributed by atoms with Crippen LogP contribution in [0.4, 0.5) is 11.4 Å². The maximum absolute atomic E-state index is 10.4. The summed E-state index contributed by atoms with van der Waals surface area (Å²) in [6, 6.07) is 1.58.